The van der Waals surface area contributed by atoms with Gasteiger partial charge in [-0.1, -0.05) is 0 Å². The third-order valence-corrected chi connectivity index (χ3v) is 5.72. The van der Waals surface area contributed by atoms with Crippen LogP contribution in [0.4, 0.5) is 0 Å². The van der Waals surface area contributed by atoms with Crippen LogP contribution in [0.3, 0.4) is 0 Å². The molecule has 0 amide bonds. The molecule has 0 heterocycles. The lowest BCUT2D eigenvalue weighted by Crippen LogP contribution is -2.50. The SMILES string of the molecule is CCOC(=O)CCCCC(=O)OC1C2CC3CC(C2)CC1C3. The number of esters is 2. The van der Waals surface area contributed by atoms with E-state index in [0.29, 0.717) is 44.1 Å². The molecule has 0 aliphatic heterocycles. The van der Waals surface area contributed by atoms with Crippen molar-refractivity contribution in [2.45, 2.75) is 70.8 Å². The van der Waals surface area contributed by atoms with Gasteiger partial charge in [-0.15, -0.1) is 0 Å². The molecule has 22 heavy (non-hydrogen) atoms. The van der Waals surface area contributed by atoms with Gasteiger partial charge in [0.15, 0.2) is 0 Å². The van der Waals surface area contributed by atoms with Gasteiger partial charge in [0.2, 0.25) is 0 Å². The fraction of sp³-hybridized carbons (Fsp3) is 0.889. The molecule has 4 saturated carbocycles. The molecule has 0 saturated heterocycles. The van der Waals surface area contributed by atoms with Gasteiger partial charge in [0.05, 0.1) is 6.61 Å². The van der Waals surface area contributed by atoms with E-state index in [0.717, 1.165) is 11.8 Å². The predicted molar refractivity (Wildman–Crippen MR) is 82.0 cm³/mol. The van der Waals surface area contributed by atoms with Crippen LogP contribution in [0.1, 0.15) is 64.7 Å². The summed E-state index contributed by atoms with van der Waals surface area (Å²) in [6.45, 7) is 2.23. The number of hydrogen-bond donors (Lipinski definition) is 0. The maximum Gasteiger partial charge on any atom is 0.306 e. The molecule has 4 nitrogen and oxygen atoms in total. The Bertz CT molecular complexity index is 389. The average Bonchev–Trinajstić information content (AvgIpc) is 2.47. The minimum atomic E-state index is -0.170. The highest BCUT2D eigenvalue weighted by Gasteiger charge is 2.49. The lowest BCUT2D eigenvalue weighted by molar-refractivity contribution is -0.171. The summed E-state index contributed by atoms with van der Waals surface area (Å²) in [7, 11) is 0. The molecule has 0 aromatic carbocycles. The summed E-state index contributed by atoms with van der Waals surface area (Å²) in [5.74, 6) is 2.82. The molecule has 0 aromatic rings. The topological polar surface area (TPSA) is 52.6 Å². The summed E-state index contributed by atoms with van der Waals surface area (Å²) < 4.78 is 10.7. The van der Waals surface area contributed by atoms with Gasteiger partial charge in [0.25, 0.3) is 0 Å². The summed E-state index contributed by atoms with van der Waals surface area (Å²) in [5, 5.41) is 0. The Morgan fingerprint density at radius 3 is 1.95 bits per heavy atom. The highest BCUT2D eigenvalue weighted by molar-refractivity contribution is 5.70. The van der Waals surface area contributed by atoms with Crippen LogP contribution in [0, 0.1) is 23.7 Å². The fourth-order valence-electron chi connectivity index (χ4n) is 5.05. The van der Waals surface area contributed by atoms with E-state index in [1.54, 1.807) is 6.92 Å². The summed E-state index contributed by atoms with van der Waals surface area (Å²) in [4.78, 5) is 23.3. The van der Waals surface area contributed by atoms with E-state index >= 15 is 0 Å². The first-order chi connectivity index (χ1) is 10.7. The van der Waals surface area contributed by atoms with Crippen LogP contribution in [0.15, 0.2) is 0 Å². The third kappa shape index (κ3) is 3.64. The molecule has 4 heteroatoms. The predicted octanol–water partition coefficient (Wildman–Crippen LogP) is 3.48. The zero-order chi connectivity index (χ0) is 15.5. The van der Waals surface area contributed by atoms with E-state index < -0.39 is 0 Å². The van der Waals surface area contributed by atoms with Gasteiger partial charge >= 0.3 is 11.9 Å². The van der Waals surface area contributed by atoms with Crippen molar-refractivity contribution in [3.8, 4) is 0 Å². The van der Waals surface area contributed by atoms with E-state index in [1.165, 1.54) is 32.1 Å². The van der Waals surface area contributed by atoms with Crippen LogP contribution in [0.5, 0.6) is 0 Å². The van der Waals surface area contributed by atoms with E-state index in [1.807, 2.05) is 0 Å². The van der Waals surface area contributed by atoms with Crippen molar-refractivity contribution in [3.63, 3.8) is 0 Å². The Labute approximate surface area is 132 Å². The van der Waals surface area contributed by atoms with Crippen molar-refractivity contribution in [2.24, 2.45) is 23.7 Å². The first kappa shape index (κ1) is 15.8. The van der Waals surface area contributed by atoms with E-state index in [4.69, 9.17) is 9.47 Å². The van der Waals surface area contributed by atoms with Crippen LogP contribution >= 0.6 is 0 Å². The molecule has 0 atom stereocenters. The van der Waals surface area contributed by atoms with Crippen molar-refractivity contribution in [2.75, 3.05) is 6.61 Å². The number of hydrogen-bond acceptors (Lipinski definition) is 4. The largest absolute Gasteiger partial charge is 0.466 e. The monoisotopic (exact) mass is 308 g/mol. The second kappa shape index (κ2) is 7.01. The van der Waals surface area contributed by atoms with Crippen LogP contribution in [-0.2, 0) is 19.1 Å². The molecule has 4 fully saturated rings. The number of carbonyl (C=O) groups excluding carboxylic acids is 2. The number of unbranched alkanes of at least 4 members (excludes halogenated alkanes) is 1. The van der Waals surface area contributed by atoms with Gasteiger partial charge in [-0.25, -0.2) is 0 Å². The summed E-state index contributed by atoms with van der Waals surface area (Å²) >= 11 is 0. The lowest BCUT2D eigenvalue weighted by Gasteiger charge is -2.53. The van der Waals surface area contributed by atoms with Gasteiger partial charge in [-0.3, -0.25) is 9.59 Å². The number of ether oxygens (including phenoxy) is 2. The van der Waals surface area contributed by atoms with Gasteiger partial charge < -0.3 is 9.47 Å². The van der Waals surface area contributed by atoms with Gasteiger partial charge in [-0.2, -0.15) is 0 Å². The van der Waals surface area contributed by atoms with Crippen molar-refractivity contribution in [3.05, 3.63) is 0 Å². The molecule has 0 N–H and O–H groups in total. The maximum atomic E-state index is 12.1. The van der Waals surface area contributed by atoms with E-state index in [9.17, 15) is 9.59 Å². The highest BCUT2D eigenvalue weighted by Crippen LogP contribution is 2.54. The Hall–Kier alpha value is -1.06. The van der Waals surface area contributed by atoms with Crippen LogP contribution in [0.25, 0.3) is 0 Å². The first-order valence-electron chi connectivity index (χ1n) is 9.00. The summed E-state index contributed by atoms with van der Waals surface area (Å²) in [6.07, 6.45) is 8.94. The number of rotatable bonds is 7. The Morgan fingerprint density at radius 2 is 1.41 bits per heavy atom. The fourth-order valence-corrected chi connectivity index (χ4v) is 5.05. The van der Waals surface area contributed by atoms with E-state index in [2.05, 4.69) is 0 Å². The van der Waals surface area contributed by atoms with Crippen LogP contribution < -0.4 is 0 Å². The number of carbonyl (C=O) groups is 2. The molecule has 0 aromatic heterocycles. The van der Waals surface area contributed by atoms with Crippen LogP contribution in [-0.4, -0.2) is 24.6 Å². The minimum absolute atomic E-state index is 0.0682. The van der Waals surface area contributed by atoms with Crippen molar-refractivity contribution >= 4 is 11.9 Å². The normalized spacial score (nSPS) is 35.4. The molecule has 0 unspecified atom stereocenters. The van der Waals surface area contributed by atoms with Gasteiger partial charge in [-0.05, 0) is 75.5 Å². The molecule has 4 aliphatic rings. The molecule has 4 aliphatic carbocycles. The quantitative estimate of drug-likeness (QED) is 0.534. The summed E-state index contributed by atoms with van der Waals surface area (Å²) in [6, 6.07) is 0. The van der Waals surface area contributed by atoms with Crippen LogP contribution in [0.2, 0.25) is 0 Å². The first-order valence-corrected chi connectivity index (χ1v) is 9.00. The average molecular weight is 308 g/mol. The maximum absolute atomic E-state index is 12.1. The smallest absolute Gasteiger partial charge is 0.306 e. The zero-order valence-corrected chi connectivity index (χ0v) is 13.6. The van der Waals surface area contributed by atoms with Gasteiger partial charge in [0, 0.05) is 12.8 Å². The standard InChI is InChI=1S/C18H28O4/c1-2-21-16(19)5-3-4-6-17(20)22-18-14-8-12-7-13(10-14)11-15(18)9-12/h12-15,18H,2-11H2,1H3. The van der Waals surface area contributed by atoms with Crippen molar-refractivity contribution < 1.29 is 19.1 Å². The molecule has 4 bridgehead atoms. The highest BCUT2D eigenvalue weighted by atomic mass is 16.5. The second-order valence-electron chi connectivity index (χ2n) is 7.40. The zero-order valence-electron chi connectivity index (χ0n) is 13.6. The molecular formula is C18H28O4. The summed E-state index contributed by atoms with van der Waals surface area (Å²) in [5.41, 5.74) is 0. The van der Waals surface area contributed by atoms with E-state index in [-0.39, 0.29) is 18.0 Å². The van der Waals surface area contributed by atoms with Crippen molar-refractivity contribution in [1.29, 1.82) is 0 Å². The second-order valence-corrected chi connectivity index (χ2v) is 7.40. The molecular weight excluding hydrogens is 280 g/mol. The van der Waals surface area contributed by atoms with Crippen molar-refractivity contribution in [1.82, 2.24) is 0 Å². The Balaban J connectivity index is 1.36. The Kier molecular flexibility index (Phi) is 5.04. The molecule has 4 rings (SSSR count). The molecule has 0 spiro atoms. The third-order valence-electron chi connectivity index (χ3n) is 5.72. The lowest BCUT2D eigenvalue weighted by atomic mass is 9.55. The molecule has 124 valence electrons. The molecule has 0 radical (unpaired) electrons. The Morgan fingerprint density at radius 1 is 0.864 bits per heavy atom. The minimum Gasteiger partial charge on any atom is -0.466 e. The van der Waals surface area contributed by atoms with Gasteiger partial charge in [0.1, 0.15) is 6.10 Å².